The standard InChI is InChI=1S/C11H20N2O2S/c1-4-11(2,8-14)12-5-9-7-16-10(13-9)6-15-3/h7,12,14H,4-6,8H2,1-3H3. The first-order valence-corrected chi connectivity index (χ1v) is 6.29. The Hall–Kier alpha value is -0.490. The number of aliphatic hydroxyl groups excluding tert-OH is 1. The third-order valence-electron chi connectivity index (χ3n) is 2.69. The van der Waals surface area contributed by atoms with Gasteiger partial charge in [0.1, 0.15) is 5.01 Å². The molecule has 1 aromatic rings. The highest BCUT2D eigenvalue weighted by Gasteiger charge is 2.19. The Kier molecular flexibility index (Phi) is 5.34. The van der Waals surface area contributed by atoms with Gasteiger partial charge < -0.3 is 15.2 Å². The van der Waals surface area contributed by atoms with Crippen LogP contribution in [0.1, 0.15) is 31.0 Å². The number of thiazole rings is 1. The number of nitrogens with one attached hydrogen (secondary N) is 1. The second-order valence-corrected chi connectivity index (χ2v) is 5.03. The van der Waals surface area contributed by atoms with Gasteiger partial charge in [-0.3, -0.25) is 0 Å². The molecule has 1 rings (SSSR count). The summed E-state index contributed by atoms with van der Waals surface area (Å²) in [5, 5.41) is 15.6. The molecule has 1 atom stereocenters. The van der Waals surface area contributed by atoms with E-state index < -0.39 is 0 Å². The Balaban J connectivity index is 2.47. The highest BCUT2D eigenvalue weighted by atomic mass is 32.1. The summed E-state index contributed by atoms with van der Waals surface area (Å²) < 4.78 is 5.02. The van der Waals surface area contributed by atoms with Crippen molar-refractivity contribution in [1.29, 1.82) is 0 Å². The largest absolute Gasteiger partial charge is 0.394 e. The van der Waals surface area contributed by atoms with Crippen molar-refractivity contribution in [3.8, 4) is 0 Å². The van der Waals surface area contributed by atoms with Crippen LogP contribution in [-0.2, 0) is 17.9 Å². The van der Waals surface area contributed by atoms with E-state index in [2.05, 4.69) is 17.2 Å². The number of nitrogens with zero attached hydrogens (tertiary/aromatic N) is 1. The Labute approximate surface area is 101 Å². The zero-order chi connectivity index (χ0) is 12.0. The van der Waals surface area contributed by atoms with E-state index >= 15 is 0 Å². The van der Waals surface area contributed by atoms with Crippen molar-refractivity contribution >= 4 is 11.3 Å². The molecule has 0 radical (unpaired) electrons. The predicted octanol–water partition coefficient (Wildman–Crippen LogP) is 1.54. The molecule has 0 bridgehead atoms. The van der Waals surface area contributed by atoms with Gasteiger partial charge in [0.25, 0.3) is 0 Å². The third kappa shape index (κ3) is 3.83. The van der Waals surface area contributed by atoms with Crippen molar-refractivity contribution in [3.63, 3.8) is 0 Å². The van der Waals surface area contributed by atoms with Crippen LogP contribution in [0.4, 0.5) is 0 Å². The lowest BCUT2D eigenvalue weighted by molar-refractivity contribution is 0.168. The lowest BCUT2D eigenvalue weighted by atomic mass is 10.0. The summed E-state index contributed by atoms with van der Waals surface area (Å²) >= 11 is 1.60. The summed E-state index contributed by atoms with van der Waals surface area (Å²) in [5.74, 6) is 0. The molecule has 0 aliphatic heterocycles. The van der Waals surface area contributed by atoms with Crippen LogP contribution >= 0.6 is 11.3 Å². The normalized spacial score (nSPS) is 15.0. The van der Waals surface area contributed by atoms with Crippen molar-refractivity contribution < 1.29 is 9.84 Å². The van der Waals surface area contributed by atoms with Crippen molar-refractivity contribution in [1.82, 2.24) is 10.3 Å². The summed E-state index contributed by atoms with van der Waals surface area (Å²) in [7, 11) is 1.67. The molecule has 0 saturated carbocycles. The quantitative estimate of drug-likeness (QED) is 0.764. The minimum absolute atomic E-state index is 0.137. The van der Waals surface area contributed by atoms with E-state index in [1.165, 1.54) is 0 Å². The summed E-state index contributed by atoms with van der Waals surface area (Å²) in [4.78, 5) is 4.42. The van der Waals surface area contributed by atoms with Crippen molar-refractivity contribution in [3.05, 3.63) is 16.1 Å². The molecule has 0 aliphatic rings. The van der Waals surface area contributed by atoms with Crippen molar-refractivity contribution in [2.45, 2.75) is 39.0 Å². The molecule has 2 N–H and O–H groups in total. The molecule has 0 fully saturated rings. The van der Waals surface area contributed by atoms with Gasteiger partial charge in [-0.05, 0) is 13.3 Å². The predicted molar refractivity (Wildman–Crippen MR) is 65.4 cm³/mol. The number of aliphatic hydroxyl groups is 1. The first-order chi connectivity index (χ1) is 7.63. The van der Waals surface area contributed by atoms with Crippen molar-refractivity contribution in [2.24, 2.45) is 0 Å². The Morgan fingerprint density at radius 1 is 1.62 bits per heavy atom. The van der Waals surface area contributed by atoms with Gasteiger partial charge in [0.05, 0.1) is 18.9 Å². The maximum absolute atomic E-state index is 9.25. The minimum Gasteiger partial charge on any atom is -0.394 e. The lowest BCUT2D eigenvalue weighted by Crippen LogP contribution is -2.44. The number of rotatable bonds is 7. The summed E-state index contributed by atoms with van der Waals surface area (Å²) in [6.45, 7) is 5.45. The van der Waals surface area contributed by atoms with Gasteiger partial charge >= 0.3 is 0 Å². The minimum atomic E-state index is -0.217. The van der Waals surface area contributed by atoms with Crippen LogP contribution in [0, 0.1) is 0 Å². The van der Waals surface area contributed by atoms with Crippen LogP contribution in [0.15, 0.2) is 5.38 Å². The van der Waals surface area contributed by atoms with Gasteiger partial charge in [-0.25, -0.2) is 4.98 Å². The highest BCUT2D eigenvalue weighted by Crippen LogP contribution is 2.13. The van der Waals surface area contributed by atoms with Crippen LogP contribution in [0.3, 0.4) is 0 Å². The highest BCUT2D eigenvalue weighted by molar-refractivity contribution is 7.09. The van der Waals surface area contributed by atoms with Crippen LogP contribution in [0.2, 0.25) is 0 Å². The number of ether oxygens (including phenoxy) is 1. The number of hydrogen-bond acceptors (Lipinski definition) is 5. The van der Waals surface area contributed by atoms with Crippen molar-refractivity contribution in [2.75, 3.05) is 13.7 Å². The van der Waals surface area contributed by atoms with Gasteiger partial charge in [0.15, 0.2) is 0 Å². The smallest absolute Gasteiger partial charge is 0.119 e. The molecule has 16 heavy (non-hydrogen) atoms. The molecule has 0 spiro atoms. The molecule has 1 aromatic heterocycles. The molecule has 1 heterocycles. The maximum atomic E-state index is 9.25. The van der Waals surface area contributed by atoms with E-state index in [1.807, 2.05) is 12.3 Å². The second kappa shape index (κ2) is 6.30. The average molecular weight is 244 g/mol. The average Bonchev–Trinajstić information content (AvgIpc) is 2.74. The molecule has 5 heteroatoms. The second-order valence-electron chi connectivity index (χ2n) is 4.09. The van der Waals surface area contributed by atoms with E-state index in [0.717, 1.165) is 17.1 Å². The SMILES string of the molecule is CCC(C)(CO)NCc1csc(COC)n1. The Morgan fingerprint density at radius 2 is 2.38 bits per heavy atom. The fourth-order valence-corrected chi connectivity index (χ4v) is 1.98. The van der Waals surface area contributed by atoms with E-state index in [0.29, 0.717) is 13.2 Å². The van der Waals surface area contributed by atoms with Gasteiger partial charge in [-0.2, -0.15) is 0 Å². The molecular formula is C11H20N2O2S. The van der Waals surface area contributed by atoms with E-state index in [1.54, 1.807) is 18.4 Å². The van der Waals surface area contributed by atoms with Crippen LogP contribution in [-0.4, -0.2) is 29.3 Å². The molecule has 0 amide bonds. The van der Waals surface area contributed by atoms with Gasteiger partial charge in [-0.1, -0.05) is 6.92 Å². The Morgan fingerprint density at radius 3 is 2.94 bits per heavy atom. The molecule has 0 aliphatic carbocycles. The van der Waals surface area contributed by atoms with Crippen LogP contribution < -0.4 is 5.32 Å². The Bertz CT molecular complexity index is 311. The van der Waals surface area contributed by atoms with E-state index in [4.69, 9.17) is 4.74 Å². The van der Waals surface area contributed by atoms with Gasteiger partial charge in [0.2, 0.25) is 0 Å². The molecule has 1 unspecified atom stereocenters. The molecule has 4 nitrogen and oxygen atoms in total. The summed E-state index contributed by atoms with van der Waals surface area (Å²) in [5.41, 5.74) is 0.788. The van der Waals surface area contributed by atoms with Gasteiger partial charge in [0, 0.05) is 24.6 Å². The maximum Gasteiger partial charge on any atom is 0.119 e. The monoisotopic (exact) mass is 244 g/mol. The molecule has 0 aromatic carbocycles. The number of methoxy groups -OCH3 is 1. The summed E-state index contributed by atoms with van der Waals surface area (Å²) in [6.07, 6.45) is 0.887. The zero-order valence-corrected chi connectivity index (χ0v) is 10.9. The fourth-order valence-electron chi connectivity index (χ4n) is 1.22. The zero-order valence-electron chi connectivity index (χ0n) is 10.1. The fraction of sp³-hybridized carbons (Fsp3) is 0.727. The van der Waals surface area contributed by atoms with Crippen LogP contribution in [0.25, 0.3) is 0 Å². The lowest BCUT2D eigenvalue weighted by Gasteiger charge is -2.26. The first kappa shape index (κ1) is 13.6. The van der Waals surface area contributed by atoms with Gasteiger partial charge in [-0.15, -0.1) is 11.3 Å². The topological polar surface area (TPSA) is 54.4 Å². The first-order valence-electron chi connectivity index (χ1n) is 5.41. The molecule has 0 saturated heterocycles. The number of aromatic nitrogens is 1. The third-order valence-corrected chi connectivity index (χ3v) is 3.56. The number of hydrogen-bond donors (Lipinski definition) is 2. The van der Waals surface area contributed by atoms with E-state index in [9.17, 15) is 5.11 Å². The molecular weight excluding hydrogens is 224 g/mol. The van der Waals surface area contributed by atoms with E-state index in [-0.39, 0.29) is 12.1 Å². The summed E-state index contributed by atoms with van der Waals surface area (Å²) in [6, 6.07) is 0. The van der Waals surface area contributed by atoms with Crippen LogP contribution in [0.5, 0.6) is 0 Å². The molecule has 92 valence electrons.